The third-order valence-corrected chi connectivity index (χ3v) is 24.1. The Kier molecular flexibility index (Phi) is 20.0. The first-order valence-corrected chi connectivity index (χ1v) is 39.8. The molecule has 16 aromatic rings. The summed E-state index contributed by atoms with van der Waals surface area (Å²) in [6.45, 7) is 23.1. The third kappa shape index (κ3) is 14.4. The van der Waals surface area contributed by atoms with Crippen molar-refractivity contribution in [2.75, 3.05) is 98.4 Å². The summed E-state index contributed by atoms with van der Waals surface area (Å²) in [5.74, 6) is 2.02. The summed E-state index contributed by atoms with van der Waals surface area (Å²) in [5.41, 5.74) is 6.81. The van der Waals surface area contributed by atoms with Crippen molar-refractivity contribution in [1.82, 2.24) is 19.9 Å². The fourth-order valence-electron chi connectivity index (χ4n) is 13.8. The predicted molar refractivity (Wildman–Crippen MR) is 443 cm³/mol. The van der Waals surface area contributed by atoms with Crippen molar-refractivity contribution in [3.8, 4) is 65.3 Å². The topological polar surface area (TPSA) is 222 Å². The highest BCUT2D eigenvalue weighted by atomic mass is 32.1. The van der Waals surface area contributed by atoms with Crippen LogP contribution in [0.4, 0.5) is 22.7 Å². The summed E-state index contributed by atoms with van der Waals surface area (Å²) in [6, 6.07) is 53.4. The second kappa shape index (κ2) is 30.3. The van der Waals surface area contributed by atoms with Crippen LogP contribution in [0.2, 0.25) is 0 Å². The minimum Gasteiger partial charge on any atom is -0.493 e. The van der Waals surface area contributed by atoms with Crippen molar-refractivity contribution in [1.29, 1.82) is 0 Å². The highest BCUT2D eigenvalue weighted by Gasteiger charge is 2.37. The Labute approximate surface area is 641 Å². The molecule has 0 radical (unpaired) electrons. The van der Waals surface area contributed by atoms with Gasteiger partial charge in [-0.1, -0.05) is 0 Å². The molecular weight excluding hydrogens is 1450 g/mol. The largest absolute Gasteiger partial charge is 0.493 e. The molecule has 0 atom stereocenters. The van der Waals surface area contributed by atoms with Gasteiger partial charge in [0.05, 0.1) is 63.1 Å². The molecule has 0 aliphatic heterocycles. The molecule has 0 aliphatic rings. The summed E-state index contributed by atoms with van der Waals surface area (Å²) in [6.07, 6.45) is 0. The molecule has 0 fully saturated rings. The number of ether oxygens (including phenoxy) is 4. The predicted octanol–water partition coefficient (Wildman–Crippen LogP) is 19.2. The number of thiazole rings is 4. The summed E-state index contributed by atoms with van der Waals surface area (Å²) in [5, 5.41) is 5.12. The monoisotopic (exact) mass is 1530 g/mol. The number of anilines is 4. The molecule has 0 spiro atoms. The number of hydrogen-bond acceptors (Lipinski definition) is 24. The maximum atomic E-state index is 13.8. The number of aromatic nitrogens is 4. The Bertz CT molecular complexity index is 5630. The Hall–Kier alpha value is -11.4. The van der Waals surface area contributed by atoms with Crippen molar-refractivity contribution < 1.29 is 36.6 Å². The highest BCUT2D eigenvalue weighted by molar-refractivity contribution is 7.22. The molecule has 24 heteroatoms. The number of nitrogens with zero attached hydrogens (tertiary/aromatic N) is 8. The first-order valence-electron chi connectivity index (χ1n) is 36.6. The van der Waals surface area contributed by atoms with E-state index in [9.17, 15) is 19.2 Å². The Morgan fingerprint density at radius 1 is 0.294 bits per heavy atom. The van der Waals surface area contributed by atoms with E-state index in [1.807, 2.05) is 170 Å². The molecule has 0 saturated carbocycles. The van der Waals surface area contributed by atoms with Gasteiger partial charge in [-0.3, -0.25) is 0 Å². The summed E-state index contributed by atoms with van der Waals surface area (Å²) >= 11 is 5.42. The zero-order valence-corrected chi connectivity index (χ0v) is 64.5. The summed E-state index contributed by atoms with van der Waals surface area (Å²) in [7, 11) is 0. The van der Waals surface area contributed by atoms with Gasteiger partial charge in [-0.2, -0.15) is 0 Å². The normalized spacial score (nSPS) is 11.9. The lowest BCUT2D eigenvalue weighted by molar-refractivity contribution is -0.00337. The van der Waals surface area contributed by atoms with E-state index in [1.165, 1.54) is 45.3 Å². The van der Waals surface area contributed by atoms with Gasteiger partial charge in [-0.15, -0.1) is 45.3 Å². The first-order chi connectivity index (χ1) is 53.1. The van der Waals surface area contributed by atoms with Crippen LogP contribution >= 0.6 is 45.3 Å². The van der Waals surface area contributed by atoms with Crippen LogP contribution in [0.25, 0.3) is 127 Å². The number of hydrogen-bond donors (Lipinski definition) is 0. The van der Waals surface area contributed by atoms with E-state index in [1.54, 1.807) is 0 Å². The quantitative estimate of drug-likeness (QED) is 0.0416. The van der Waals surface area contributed by atoms with E-state index in [-0.39, 0.29) is 26.4 Å². The number of rotatable bonds is 28. The standard InChI is InChI=1S/C85H76N8O12S4/c1-9-90(10-2)53-21-17-49-33-61(81(94)102-69(49)37-53)77-86-65-29-25-57(41-73(65)106-77)98-45-85(46-99-58-26-30-66-74(42-58)107-78(87-66)62-34-50-18-22-54(91(11-3)12-4)38-70(50)103-82(62)95,47-100-59-27-31-67-75(43-59)108-79(88-67)63-35-51-19-23-55(92(13-5)14-6)39-71(51)104-83(63)96)48-101-60-28-32-68-76(44-60)109-80(89-68)64-36-52-20-24-56(93(15-7)16-8)40-72(52)105-84(64)97/h17-44H,9-16,45-48H2,1-8H3. The van der Waals surface area contributed by atoms with Gasteiger partial charge in [0.1, 0.15) is 97.2 Å². The fourth-order valence-corrected chi connectivity index (χ4v) is 17.8. The van der Waals surface area contributed by atoms with Crippen LogP contribution in [-0.2, 0) is 0 Å². The van der Waals surface area contributed by atoms with E-state index in [2.05, 4.69) is 75.0 Å². The molecule has 109 heavy (non-hydrogen) atoms. The molecule has 0 bridgehead atoms. The van der Waals surface area contributed by atoms with Crippen LogP contribution in [0.3, 0.4) is 0 Å². The van der Waals surface area contributed by atoms with Crippen molar-refractivity contribution >= 4 is 153 Å². The van der Waals surface area contributed by atoms with Gasteiger partial charge < -0.3 is 56.2 Å². The Morgan fingerprint density at radius 2 is 0.514 bits per heavy atom. The van der Waals surface area contributed by atoms with Crippen molar-refractivity contribution in [3.05, 3.63) is 212 Å². The van der Waals surface area contributed by atoms with E-state index in [4.69, 9.17) is 56.6 Å². The number of benzene rings is 8. The maximum Gasteiger partial charge on any atom is 0.346 e. The Balaban J connectivity index is 0.750. The fraction of sp³-hybridized carbons (Fsp3) is 0.247. The van der Waals surface area contributed by atoms with E-state index in [0.29, 0.717) is 110 Å². The molecule has 0 aliphatic carbocycles. The zero-order valence-electron chi connectivity index (χ0n) is 61.3. The van der Waals surface area contributed by atoms with Crippen LogP contribution < -0.4 is 61.0 Å². The third-order valence-electron chi connectivity index (χ3n) is 19.9. The van der Waals surface area contributed by atoms with E-state index in [0.717, 1.165) is 115 Å². The second-order valence-electron chi connectivity index (χ2n) is 26.6. The first kappa shape index (κ1) is 71.8. The van der Waals surface area contributed by atoms with Crippen LogP contribution in [0, 0.1) is 5.41 Å². The van der Waals surface area contributed by atoms with Crippen molar-refractivity contribution in [3.63, 3.8) is 0 Å². The van der Waals surface area contributed by atoms with Crippen molar-refractivity contribution in [2.45, 2.75) is 55.4 Å². The average Bonchev–Trinajstić information content (AvgIpc) is 1.66. The van der Waals surface area contributed by atoms with Crippen molar-refractivity contribution in [2.24, 2.45) is 5.41 Å². The molecule has 0 amide bonds. The molecule has 20 nitrogen and oxygen atoms in total. The highest BCUT2D eigenvalue weighted by Crippen LogP contribution is 2.40. The molecule has 8 aromatic carbocycles. The minimum absolute atomic E-state index is 0.0305. The van der Waals surface area contributed by atoms with Gasteiger partial charge in [0.15, 0.2) is 0 Å². The van der Waals surface area contributed by atoms with Crippen LogP contribution in [0.15, 0.2) is 207 Å². The zero-order chi connectivity index (χ0) is 75.2. The molecule has 16 rings (SSSR count). The smallest absolute Gasteiger partial charge is 0.346 e. The molecule has 8 heterocycles. The molecule has 0 unspecified atom stereocenters. The molecule has 0 saturated heterocycles. The summed E-state index contributed by atoms with van der Waals surface area (Å²) in [4.78, 5) is 83.8. The van der Waals surface area contributed by atoms with Gasteiger partial charge in [-0.05, 0) is 201 Å². The lowest BCUT2D eigenvalue weighted by atomic mass is 9.92. The van der Waals surface area contributed by atoms with Crippen LogP contribution in [0.5, 0.6) is 23.0 Å². The van der Waals surface area contributed by atoms with Gasteiger partial charge in [-0.25, -0.2) is 39.1 Å². The van der Waals surface area contributed by atoms with Gasteiger partial charge in [0.25, 0.3) is 0 Å². The maximum absolute atomic E-state index is 13.8. The molecular formula is C85H76N8O12S4. The average molecular weight is 1530 g/mol. The van der Waals surface area contributed by atoms with Crippen LogP contribution in [-0.4, -0.2) is 98.7 Å². The SMILES string of the molecule is CCN(CC)c1ccc2cc(-c3nc4ccc(OCC(COc5ccc6nc(-c7cc8ccc(N(CC)CC)cc8oc7=O)sc6c5)(COc5ccc6nc(-c7cc8ccc(N(CC)CC)cc8oc7=O)sc6c5)COc5ccc6nc(-c7cc8ccc(N(CC)CC)cc8oc7=O)sc6c5)cc4s3)c(=O)oc2c1. The Morgan fingerprint density at radius 3 is 0.725 bits per heavy atom. The van der Waals surface area contributed by atoms with Gasteiger partial charge in [0, 0.05) is 121 Å². The minimum atomic E-state index is -1.15. The second-order valence-corrected chi connectivity index (χ2v) is 30.7. The molecule has 0 N–H and O–H groups in total. The van der Waals surface area contributed by atoms with Gasteiger partial charge >= 0.3 is 22.5 Å². The lowest BCUT2D eigenvalue weighted by Crippen LogP contribution is -2.45. The van der Waals surface area contributed by atoms with E-state index < -0.39 is 27.9 Å². The summed E-state index contributed by atoms with van der Waals surface area (Å²) < 4.78 is 54.9. The van der Waals surface area contributed by atoms with Gasteiger partial charge in [0.2, 0.25) is 0 Å². The number of fused-ring (bicyclic) bond motifs is 8. The molecule has 8 aromatic heterocycles. The lowest BCUT2D eigenvalue weighted by Gasteiger charge is -2.33. The van der Waals surface area contributed by atoms with E-state index >= 15 is 0 Å². The van der Waals surface area contributed by atoms with Crippen LogP contribution in [0.1, 0.15) is 55.4 Å². The molecule has 552 valence electrons.